The smallest absolute Gasteiger partial charge is 0.251 e. The molecule has 0 heterocycles. The maximum Gasteiger partial charge on any atom is 0.251 e. The zero-order valence-corrected chi connectivity index (χ0v) is 11.5. The van der Waals surface area contributed by atoms with Crippen molar-refractivity contribution in [1.82, 2.24) is 5.32 Å². The lowest BCUT2D eigenvalue weighted by atomic mass is 10.1. The molecule has 0 aliphatic heterocycles. The van der Waals surface area contributed by atoms with E-state index in [1.54, 1.807) is 25.2 Å². The van der Waals surface area contributed by atoms with Crippen LogP contribution >= 0.6 is 0 Å². The standard InChI is InChI=1S/C14H22N2O2/c1-9(2)7-10(3)18-13-6-5-11(8-12(13)15)14(17)16-4/h5-6,8-10H,7,15H2,1-4H3,(H,16,17). The van der Waals surface area contributed by atoms with Crippen molar-refractivity contribution in [3.63, 3.8) is 0 Å². The van der Waals surface area contributed by atoms with Gasteiger partial charge in [-0.2, -0.15) is 0 Å². The lowest BCUT2D eigenvalue weighted by molar-refractivity contribution is 0.0963. The second-order valence-electron chi connectivity index (χ2n) is 4.89. The maximum atomic E-state index is 11.4. The third-order valence-electron chi connectivity index (χ3n) is 2.63. The molecule has 0 radical (unpaired) electrons. The van der Waals surface area contributed by atoms with Crippen LogP contribution in [0.25, 0.3) is 0 Å². The van der Waals surface area contributed by atoms with E-state index in [9.17, 15) is 4.79 Å². The Morgan fingerprint density at radius 3 is 2.56 bits per heavy atom. The third kappa shape index (κ3) is 3.95. The predicted molar refractivity (Wildman–Crippen MR) is 73.8 cm³/mol. The van der Waals surface area contributed by atoms with Gasteiger partial charge in [0.1, 0.15) is 5.75 Å². The topological polar surface area (TPSA) is 64.3 Å². The molecule has 0 aromatic heterocycles. The summed E-state index contributed by atoms with van der Waals surface area (Å²) in [6.07, 6.45) is 1.08. The second-order valence-corrected chi connectivity index (χ2v) is 4.89. The van der Waals surface area contributed by atoms with Crippen molar-refractivity contribution in [1.29, 1.82) is 0 Å². The minimum atomic E-state index is -0.150. The van der Waals surface area contributed by atoms with Crippen LogP contribution in [0.2, 0.25) is 0 Å². The molecular weight excluding hydrogens is 228 g/mol. The highest BCUT2D eigenvalue weighted by atomic mass is 16.5. The van der Waals surface area contributed by atoms with Crippen LogP contribution in [0.1, 0.15) is 37.6 Å². The minimum absolute atomic E-state index is 0.109. The number of carbonyl (C=O) groups is 1. The van der Waals surface area contributed by atoms with E-state index in [1.807, 2.05) is 6.92 Å². The molecule has 0 saturated carbocycles. The van der Waals surface area contributed by atoms with E-state index in [0.717, 1.165) is 6.42 Å². The number of hydrogen-bond acceptors (Lipinski definition) is 3. The Kier molecular flexibility index (Phi) is 5.01. The number of carbonyl (C=O) groups excluding carboxylic acids is 1. The molecule has 0 bridgehead atoms. The van der Waals surface area contributed by atoms with Gasteiger partial charge in [0.05, 0.1) is 11.8 Å². The first-order chi connectivity index (χ1) is 8.43. The number of nitrogen functional groups attached to an aromatic ring is 1. The van der Waals surface area contributed by atoms with Gasteiger partial charge in [0.25, 0.3) is 5.91 Å². The molecule has 1 aromatic carbocycles. The van der Waals surface area contributed by atoms with Crippen LogP contribution in [0.4, 0.5) is 5.69 Å². The molecule has 1 amide bonds. The number of nitrogens with one attached hydrogen (secondary N) is 1. The van der Waals surface area contributed by atoms with Gasteiger partial charge in [-0.3, -0.25) is 4.79 Å². The Labute approximate surface area is 109 Å². The summed E-state index contributed by atoms with van der Waals surface area (Å²) in [5.74, 6) is 1.06. The normalized spacial score (nSPS) is 12.3. The first-order valence-corrected chi connectivity index (χ1v) is 6.22. The van der Waals surface area contributed by atoms with E-state index in [1.165, 1.54) is 0 Å². The zero-order chi connectivity index (χ0) is 13.7. The van der Waals surface area contributed by atoms with E-state index in [-0.39, 0.29) is 12.0 Å². The molecule has 0 saturated heterocycles. The summed E-state index contributed by atoms with van der Waals surface area (Å²) in [6.45, 7) is 6.32. The second kappa shape index (κ2) is 6.28. The summed E-state index contributed by atoms with van der Waals surface area (Å²) in [4.78, 5) is 11.4. The fourth-order valence-electron chi connectivity index (χ4n) is 1.87. The summed E-state index contributed by atoms with van der Waals surface area (Å²) in [5.41, 5.74) is 6.92. The van der Waals surface area contributed by atoms with E-state index >= 15 is 0 Å². The lowest BCUT2D eigenvalue weighted by Crippen LogP contribution is -2.18. The molecule has 4 heteroatoms. The molecule has 3 N–H and O–H groups in total. The van der Waals surface area contributed by atoms with Gasteiger partial charge in [0.15, 0.2) is 0 Å². The summed E-state index contributed by atoms with van der Waals surface area (Å²) < 4.78 is 5.77. The van der Waals surface area contributed by atoms with Gasteiger partial charge >= 0.3 is 0 Å². The molecule has 1 aromatic rings. The highest BCUT2D eigenvalue weighted by Crippen LogP contribution is 2.25. The summed E-state index contributed by atoms with van der Waals surface area (Å²) in [7, 11) is 1.59. The molecule has 0 aliphatic carbocycles. The van der Waals surface area contributed by atoms with Gasteiger partial charge in [-0.05, 0) is 37.5 Å². The monoisotopic (exact) mass is 250 g/mol. The van der Waals surface area contributed by atoms with Crippen molar-refractivity contribution in [2.45, 2.75) is 33.3 Å². The van der Waals surface area contributed by atoms with Crippen LogP contribution in [0.3, 0.4) is 0 Å². The Hall–Kier alpha value is -1.71. The SMILES string of the molecule is CNC(=O)c1ccc(OC(C)CC(C)C)c(N)c1. The van der Waals surface area contributed by atoms with E-state index in [4.69, 9.17) is 10.5 Å². The zero-order valence-electron chi connectivity index (χ0n) is 11.5. The average molecular weight is 250 g/mol. The van der Waals surface area contributed by atoms with Gasteiger partial charge in [-0.15, -0.1) is 0 Å². The molecule has 0 spiro atoms. The van der Waals surface area contributed by atoms with Crippen LogP contribution in [-0.2, 0) is 0 Å². The molecule has 18 heavy (non-hydrogen) atoms. The molecule has 1 atom stereocenters. The molecule has 4 nitrogen and oxygen atoms in total. The maximum absolute atomic E-state index is 11.4. The minimum Gasteiger partial charge on any atom is -0.489 e. The van der Waals surface area contributed by atoms with Crippen LogP contribution < -0.4 is 15.8 Å². The van der Waals surface area contributed by atoms with Crippen LogP contribution in [-0.4, -0.2) is 19.1 Å². The quantitative estimate of drug-likeness (QED) is 0.789. The molecule has 0 aliphatic rings. The molecule has 1 rings (SSSR count). The fourth-order valence-corrected chi connectivity index (χ4v) is 1.87. The molecular formula is C14H22N2O2. The van der Waals surface area contributed by atoms with Crippen LogP contribution in [0.15, 0.2) is 18.2 Å². The predicted octanol–water partition coefficient (Wildman–Crippen LogP) is 2.44. The Balaban J connectivity index is 2.76. The van der Waals surface area contributed by atoms with E-state index < -0.39 is 0 Å². The van der Waals surface area contributed by atoms with E-state index in [2.05, 4.69) is 19.2 Å². The summed E-state index contributed by atoms with van der Waals surface area (Å²) in [6, 6.07) is 5.10. The van der Waals surface area contributed by atoms with Gasteiger partial charge in [0, 0.05) is 12.6 Å². The number of anilines is 1. The van der Waals surface area contributed by atoms with Crippen molar-refractivity contribution >= 4 is 11.6 Å². The first kappa shape index (κ1) is 14.4. The summed E-state index contributed by atoms with van der Waals surface area (Å²) >= 11 is 0. The molecule has 0 fully saturated rings. The number of nitrogens with two attached hydrogens (primary N) is 1. The molecule has 1 unspecified atom stereocenters. The Morgan fingerprint density at radius 2 is 2.06 bits per heavy atom. The average Bonchev–Trinajstić information content (AvgIpc) is 2.29. The first-order valence-electron chi connectivity index (χ1n) is 6.22. The number of ether oxygens (including phenoxy) is 1. The van der Waals surface area contributed by atoms with Crippen molar-refractivity contribution in [2.24, 2.45) is 5.92 Å². The van der Waals surface area contributed by atoms with Crippen LogP contribution in [0.5, 0.6) is 5.75 Å². The van der Waals surface area contributed by atoms with Gasteiger partial charge in [-0.25, -0.2) is 0 Å². The number of benzene rings is 1. The largest absolute Gasteiger partial charge is 0.489 e. The summed E-state index contributed by atoms with van der Waals surface area (Å²) in [5, 5.41) is 2.56. The highest BCUT2D eigenvalue weighted by molar-refractivity contribution is 5.95. The van der Waals surface area contributed by atoms with Crippen molar-refractivity contribution in [2.75, 3.05) is 12.8 Å². The lowest BCUT2D eigenvalue weighted by Gasteiger charge is -2.18. The van der Waals surface area contributed by atoms with E-state index in [0.29, 0.717) is 22.9 Å². The highest BCUT2D eigenvalue weighted by Gasteiger charge is 2.11. The van der Waals surface area contributed by atoms with Gasteiger partial charge in [0.2, 0.25) is 0 Å². The van der Waals surface area contributed by atoms with Gasteiger partial charge < -0.3 is 15.8 Å². The fraction of sp³-hybridized carbons (Fsp3) is 0.500. The Morgan fingerprint density at radius 1 is 1.39 bits per heavy atom. The molecule has 100 valence electrons. The van der Waals surface area contributed by atoms with Crippen molar-refractivity contribution in [3.05, 3.63) is 23.8 Å². The van der Waals surface area contributed by atoms with Crippen LogP contribution in [0, 0.1) is 5.92 Å². The third-order valence-corrected chi connectivity index (χ3v) is 2.63. The number of rotatable bonds is 5. The van der Waals surface area contributed by atoms with Gasteiger partial charge in [-0.1, -0.05) is 13.8 Å². The number of hydrogen-bond donors (Lipinski definition) is 2. The number of amides is 1. The van der Waals surface area contributed by atoms with Crippen molar-refractivity contribution < 1.29 is 9.53 Å². The Bertz CT molecular complexity index is 416. The van der Waals surface area contributed by atoms with Crippen molar-refractivity contribution in [3.8, 4) is 5.75 Å².